The number of hydrogen-bond donors (Lipinski definition) is 3. The molecule has 3 N–H and O–H groups in total. The van der Waals surface area contributed by atoms with E-state index >= 15 is 4.79 Å². The summed E-state index contributed by atoms with van der Waals surface area (Å²) in [6.07, 6.45) is 4.84. The third-order valence-corrected chi connectivity index (χ3v) is 14.8. The van der Waals surface area contributed by atoms with Crippen LogP contribution in [0, 0.1) is 11.3 Å². The van der Waals surface area contributed by atoms with Crippen molar-refractivity contribution in [1.29, 1.82) is 0 Å². The highest BCUT2D eigenvalue weighted by molar-refractivity contribution is 5.95. The van der Waals surface area contributed by atoms with E-state index in [4.69, 9.17) is 18.9 Å². The lowest BCUT2D eigenvalue weighted by Gasteiger charge is -2.63. The van der Waals surface area contributed by atoms with Crippen LogP contribution < -0.4 is 9.64 Å². The van der Waals surface area contributed by atoms with Gasteiger partial charge in [0, 0.05) is 90.9 Å². The topological polar surface area (TPSA) is 154 Å². The molecule has 10 atom stereocenters. The van der Waals surface area contributed by atoms with E-state index in [1.54, 1.807) is 7.11 Å². The van der Waals surface area contributed by atoms with E-state index < -0.39 is 58.0 Å². The predicted molar refractivity (Wildman–Crippen MR) is 211 cm³/mol. The fraction of sp³-hybridized carbons (Fsp3) is 0.568. The number of benzene rings is 2. The number of methoxy groups -OCH3 is 3. The third kappa shape index (κ3) is 4.91. The number of carbonyl (C=O) groups excluding carboxylic acids is 3. The zero-order valence-electron chi connectivity index (χ0n) is 33.7. The van der Waals surface area contributed by atoms with Crippen LogP contribution >= 0.6 is 0 Å². The number of likely N-dealkylation sites (N-methyl/N-ethyl adjacent to an activating group) is 1. The molecule has 9 rings (SSSR count). The van der Waals surface area contributed by atoms with E-state index in [0.717, 1.165) is 40.0 Å². The molecule has 13 heteroatoms. The van der Waals surface area contributed by atoms with Gasteiger partial charge < -0.3 is 43.9 Å². The number of carbonyl (C=O) groups is 3. The van der Waals surface area contributed by atoms with Crippen molar-refractivity contribution in [3.63, 3.8) is 0 Å². The van der Waals surface area contributed by atoms with Crippen molar-refractivity contribution >= 4 is 34.5 Å². The molecule has 0 amide bonds. The average molecular weight is 783 g/mol. The monoisotopic (exact) mass is 782 g/mol. The second kappa shape index (κ2) is 13.3. The molecule has 2 aromatic carbocycles. The standard InChI is InChI=1S/C44H54N4O9/c1-7-41-14-10-16-48-18-15-42(36(41)48)30-20-31(34(54-4)21-33(30)46(3)37(42)44(53,40(52)56-6)38(41)57-25(2)49)43(39(51)55-5)22-26-19-27(50)24-47(23-26)17-13-29-28-11-8-9-12-32(28)45-35(29)43/h8-12,14,20-21,26-27,36-38,45,50,53H,7,13,15-19,22-24H2,1-6H3/t26-,27+,36+,37-,38-,41-,42?,43+,44+/m1/s1. The number of nitrogens with zero attached hydrogens (tertiary/aromatic N) is 3. The summed E-state index contributed by atoms with van der Waals surface area (Å²) >= 11 is 0. The molecular weight excluding hydrogens is 729 g/mol. The lowest BCUT2D eigenvalue weighted by molar-refractivity contribution is -0.228. The minimum absolute atomic E-state index is 0.0708. The van der Waals surface area contributed by atoms with Crippen molar-refractivity contribution in [3.8, 4) is 5.75 Å². The van der Waals surface area contributed by atoms with E-state index in [-0.39, 0.29) is 12.0 Å². The largest absolute Gasteiger partial charge is 0.496 e. The molecule has 2 saturated heterocycles. The van der Waals surface area contributed by atoms with Crippen LogP contribution in [0.5, 0.6) is 5.75 Å². The van der Waals surface area contributed by atoms with Crippen molar-refractivity contribution < 1.29 is 43.5 Å². The molecule has 6 aliphatic rings. The van der Waals surface area contributed by atoms with Gasteiger partial charge in [0.15, 0.2) is 6.10 Å². The summed E-state index contributed by atoms with van der Waals surface area (Å²) in [6.45, 7) is 6.63. The van der Waals surface area contributed by atoms with E-state index in [1.165, 1.54) is 21.1 Å². The number of hydrogen-bond acceptors (Lipinski definition) is 12. The quantitative estimate of drug-likeness (QED) is 0.191. The van der Waals surface area contributed by atoms with Gasteiger partial charge >= 0.3 is 17.9 Å². The molecule has 1 aliphatic carbocycles. The second-order valence-corrected chi connectivity index (χ2v) is 17.3. The first-order valence-electron chi connectivity index (χ1n) is 20.3. The van der Waals surface area contributed by atoms with Gasteiger partial charge in [-0.3, -0.25) is 14.5 Å². The van der Waals surface area contributed by atoms with Crippen LogP contribution in [0.15, 0.2) is 48.6 Å². The Bertz CT molecular complexity index is 2190. The Labute approximate surface area is 332 Å². The number of fused-ring (bicyclic) bond motifs is 6. The Balaban J connectivity index is 1.37. The summed E-state index contributed by atoms with van der Waals surface area (Å²) in [5, 5.41) is 25.5. The van der Waals surface area contributed by atoms with Gasteiger partial charge in [0.25, 0.3) is 0 Å². The summed E-state index contributed by atoms with van der Waals surface area (Å²) < 4.78 is 23.8. The van der Waals surface area contributed by atoms with Crippen LogP contribution in [0.2, 0.25) is 0 Å². The normalized spacial score (nSPS) is 36.5. The number of aromatic nitrogens is 1. The molecule has 2 unspecified atom stereocenters. The average Bonchev–Trinajstić information content (AvgIpc) is 3.87. The summed E-state index contributed by atoms with van der Waals surface area (Å²) in [7, 11) is 6.13. The van der Waals surface area contributed by atoms with Gasteiger partial charge in [-0.2, -0.15) is 0 Å². The number of ether oxygens (including phenoxy) is 4. The molecule has 3 aromatic rings. The van der Waals surface area contributed by atoms with Crippen LogP contribution in [0.4, 0.5) is 5.69 Å². The highest BCUT2D eigenvalue weighted by Crippen LogP contribution is 2.68. The Hall–Kier alpha value is -4.43. The summed E-state index contributed by atoms with van der Waals surface area (Å²) in [6, 6.07) is 10.9. The highest BCUT2D eigenvalue weighted by atomic mass is 16.6. The Kier molecular flexibility index (Phi) is 8.89. The van der Waals surface area contributed by atoms with Gasteiger partial charge in [0.05, 0.1) is 33.5 Å². The first kappa shape index (κ1) is 38.1. The third-order valence-electron chi connectivity index (χ3n) is 14.8. The lowest BCUT2D eigenvalue weighted by atomic mass is 9.47. The van der Waals surface area contributed by atoms with E-state index in [2.05, 4.69) is 33.0 Å². The van der Waals surface area contributed by atoms with Crippen molar-refractivity contribution in [1.82, 2.24) is 14.8 Å². The molecule has 1 saturated carbocycles. The number of nitrogens with one attached hydrogen (secondary N) is 1. The first-order valence-corrected chi connectivity index (χ1v) is 20.3. The zero-order chi connectivity index (χ0) is 40.2. The van der Waals surface area contributed by atoms with Crippen molar-refractivity contribution in [2.24, 2.45) is 11.3 Å². The summed E-state index contributed by atoms with van der Waals surface area (Å²) in [5.41, 5.74) is -0.664. The van der Waals surface area contributed by atoms with E-state index in [1.807, 2.05) is 49.2 Å². The highest BCUT2D eigenvalue weighted by Gasteiger charge is 2.80. The van der Waals surface area contributed by atoms with Crippen LogP contribution in [0.25, 0.3) is 10.9 Å². The maximum atomic E-state index is 15.2. The van der Waals surface area contributed by atoms with Gasteiger partial charge in [0.1, 0.15) is 11.2 Å². The predicted octanol–water partition coefficient (Wildman–Crippen LogP) is 3.21. The number of aliphatic hydroxyl groups excluding tert-OH is 1. The van der Waals surface area contributed by atoms with Gasteiger partial charge in [-0.25, -0.2) is 4.79 Å². The number of rotatable bonds is 6. The molecule has 13 nitrogen and oxygen atoms in total. The van der Waals surface area contributed by atoms with Crippen LogP contribution in [0.3, 0.4) is 0 Å². The van der Waals surface area contributed by atoms with Crippen molar-refractivity contribution in [2.75, 3.05) is 66.0 Å². The minimum atomic E-state index is -2.30. The molecular formula is C44H54N4O9. The van der Waals surface area contributed by atoms with Crippen LogP contribution in [-0.2, 0) is 45.8 Å². The molecule has 304 valence electrons. The lowest BCUT2D eigenvalue weighted by Crippen LogP contribution is -2.81. The smallest absolute Gasteiger partial charge is 0.344 e. The molecule has 3 fully saturated rings. The second-order valence-electron chi connectivity index (χ2n) is 17.3. The van der Waals surface area contributed by atoms with Crippen LogP contribution in [0.1, 0.15) is 61.9 Å². The molecule has 2 bridgehead atoms. The van der Waals surface area contributed by atoms with E-state index in [9.17, 15) is 19.8 Å². The number of esters is 3. The molecule has 6 heterocycles. The number of piperidine rings is 1. The molecule has 1 aromatic heterocycles. The Morgan fingerprint density at radius 2 is 1.77 bits per heavy atom. The van der Waals surface area contributed by atoms with Gasteiger partial charge in [0.2, 0.25) is 5.60 Å². The van der Waals surface area contributed by atoms with Gasteiger partial charge in [-0.15, -0.1) is 0 Å². The Morgan fingerprint density at radius 3 is 2.49 bits per heavy atom. The number of aliphatic hydroxyl groups is 2. The molecule has 0 radical (unpaired) electrons. The van der Waals surface area contributed by atoms with Crippen LogP contribution in [-0.4, -0.2) is 134 Å². The molecule has 57 heavy (non-hydrogen) atoms. The van der Waals surface area contributed by atoms with E-state index in [0.29, 0.717) is 69.6 Å². The first-order chi connectivity index (χ1) is 27.3. The molecule has 1 spiro atoms. The number of anilines is 1. The minimum Gasteiger partial charge on any atom is -0.496 e. The molecule has 5 aliphatic heterocycles. The van der Waals surface area contributed by atoms with Crippen molar-refractivity contribution in [3.05, 3.63) is 70.9 Å². The number of H-pyrrole nitrogens is 1. The summed E-state index contributed by atoms with van der Waals surface area (Å²) in [4.78, 5) is 52.8. The fourth-order valence-electron chi connectivity index (χ4n) is 13.0. The Morgan fingerprint density at radius 1 is 1.00 bits per heavy atom. The number of aromatic amines is 1. The van der Waals surface area contributed by atoms with Crippen molar-refractivity contribution in [2.45, 2.75) is 86.7 Å². The maximum absolute atomic E-state index is 15.2. The fourth-order valence-corrected chi connectivity index (χ4v) is 13.0. The zero-order valence-corrected chi connectivity index (χ0v) is 33.7. The van der Waals surface area contributed by atoms with Gasteiger partial charge in [-0.1, -0.05) is 37.3 Å². The number of para-hydroxylation sites is 1. The maximum Gasteiger partial charge on any atom is 0.344 e. The van der Waals surface area contributed by atoms with Gasteiger partial charge in [-0.05, 0) is 67.8 Å². The summed E-state index contributed by atoms with van der Waals surface area (Å²) in [5.74, 6) is -1.54. The SMILES string of the molecule is CC[C@]12C=CCN3CCC4(c5cc([C@@]6(C(=O)OC)C[C@H]7C[C@H](O)CN(CCc8c6[nH]c6ccccc86)C7)c(OC)cc5N(C)[C@H]4[C@@](O)(C(=O)OC)[C@@H]1OC(C)=O)[C@@H]32.